The molecule has 6 heteroatoms. The molecule has 0 aliphatic heterocycles. The number of nitriles is 1. The first kappa shape index (κ1) is 22.6. The summed E-state index contributed by atoms with van der Waals surface area (Å²) >= 11 is 9.40. The van der Waals surface area contributed by atoms with Gasteiger partial charge in [0.2, 0.25) is 0 Å². The molecule has 3 aromatic carbocycles. The monoisotopic (exact) mass is 494 g/mol. The lowest BCUT2D eigenvalue weighted by atomic mass is 10.1. The van der Waals surface area contributed by atoms with Gasteiger partial charge in [0, 0.05) is 10.7 Å². The zero-order valence-corrected chi connectivity index (χ0v) is 19.4. The summed E-state index contributed by atoms with van der Waals surface area (Å²) in [7, 11) is 0. The van der Waals surface area contributed by atoms with E-state index in [1.54, 1.807) is 24.3 Å². The van der Waals surface area contributed by atoms with Gasteiger partial charge in [0.1, 0.15) is 24.0 Å². The Bertz CT molecular complexity index is 1180. The summed E-state index contributed by atoms with van der Waals surface area (Å²) in [5.41, 5.74) is 4.37. The van der Waals surface area contributed by atoms with Gasteiger partial charge in [-0.3, -0.25) is 4.79 Å². The minimum Gasteiger partial charge on any atom is -0.488 e. The summed E-state index contributed by atoms with van der Waals surface area (Å²) in [5.74, 6) is 0.209. The normalized spacial score (nSPS) is 11.0. The molecule has 0 atom stereocenters. The van der Waals surface area contributed by atoms with E-state index in [1.807, 2.05) is 62.4 Å². The van der Waals surface area contributed by atoms with Crippen LogP contribution >= 0.6 is 27.5 Å². The number of halogens is 2. The first-order chi connectivity index (χ1) is 14.9. The molecule has 0 unspecified atom stereocenters. The van der Waals surface area contributed by atoms with Gasteiger partial charge >= 0.3 is 0 Å². The lowest BCUT2D eigenvalue weighted by Crippen LogP contribution is -2.14. The van der Waals surface area contributed by atoms with Gasteiger partial charge in [-0.2, -0.15) is 5.26 Å². The minimum atomic E-state index is -0.449. The Labute approximate surface area is 195 Å². The van der Waals surface area contributed by atoms with E-state index in [-0.39, 0.29) is 5.57 Å². The van der Waals surface area contributed by atoms with Gasteiger partial charge in [0.05, 0.1) is 4.47 Å². The summed E-state index contributed by atoms with van der Waals surface area (Å²) in [6.07, 6.45) is 1.55. The number of hydrogen-bond donors (Lipinski definition) is 1. The van der Waals surface area contributed by atoms with Crippen molar-refractivity contribution < 1.29 is 9.53 Å². The maximum Gasteiger partial charge on any atom is 0.266 e. The summed E-state index contributed by atoms with van der Waals surface area (Å²) in [4.78, 5) is 12.6. The fourth-order valence-corrected chi connectivity index (χ4v) is 3.48. The molecule has 0 fully saturated rings. The predicted molar refractivity (Wildman–Crippen MR) is 128 cm³/mol. The molecule has 0 radical (unpaired) electrons. The molecule has 1 N–H and O–H groups in total. The van der Waals surface area contributed by atoms with Gasteiger partial charge < -0.3 is 10.1 Å². The van der Waals surface area contributed by atoms with Crippen molar-refractivity contribution in [3.05, 3.63) is 98.0 Å². The first-order valence-electron chi connectivity index (χ1n) is 9.53. The van der Waals surface area contributed by atoms with Crippen LogP contribution in [0.4, 0.5) is 5.69 Å². The maximum absolute atomic E-state index is 12.6. The number of nitrogens with one attached hydrogen (secondary N) is 1. The van der Waals surface area contributed by atoms with Crippen LogP contribution in [0, 0.1) is 25.2 Å². The molecule has 3 aromatic rings. The Kier molecular flexibility index (Phi) is 7.51. The highest BCUT2D eigenvalue weighted by molar-refractivity contribution is 9.10. The zero-order chi connectivity index (χ0) is 22.4. The van der Waals surface area contributed by atoms with Crippen LogP contribution in [0.2, 0.25) is 5.02 Å². The van der Waals surface area contributed by atoms with E-state index in [9.17, 15) is 10.1 Å². The van der Waals surface area contributed by atoms with Crippen LogP contribution in [0.1, 0.15) is 22.3 Å². The molecular weight excluding hydrogens is 476 g/mol. The average Bonchev–Trinajstić information content (AvgIpc) is 2.75. The number of nitrogens with zero attached hydrogens (tertiary/aromatic N) is 1. The van der Waals surface area contributed by atoms with Crippen molar-refractivity contribution in [2.45, 2.75) is 20.5 Å². The fourth-order valence-electron chi connectivity index (χ4n) is 2.84. The molecule has 0 aromatic heterocycles. The Morgan fingerprint density at radius 2 is 1.87 bits per heavy atom. The smallest absolute Gasteiger partial charge is 0.266 e. The van der Waals surface area contributed by atoms with Crippen molar-refractivity contribution in [3.63, 3.8) is 0 Å². The van der Waals surface area contributed by atoms with Gasteiger partial charge in [-0.1, -0.05) is 41.9 Å². The Balaban J connectivity index is 1.72. The highest BCUT2D eigenvalue weighted by atomic mass is 79.9. The summed E-state index contributed by atoms with van der Waals surface area (Å²) in [5, 5.41) is 13.0. The Morgan fingerprint density at radius 1 is 1.13 bits per heavy atom. The molecular formula is C25H20BrClN2O2. The topological polar surface area (TPSA) is 62.1 Å². The third-order valence-corrected chi connectivity index (χ3v) is 5.45. The summed E-state index contributed by atoms with van der Waals surface area (Å²) < 4.78 is 6.57. The van der Waals surface area contributed by atoms with Crippen molar-refractivity contribution in [1.29, 1.82) is 5.26 Å². The molecule has 0 saturated heterocycles. The van der Waals surface area contributed by atoms with Crippen LogP contribution in [0.25, 0.3) is 6.08 Å². The fraction of sp³-hybridized carbons (Fsp3) is 0.120. The number of rotatable bonds is 6. The number of aryl methyl sites for hydroxylation is 2. The predicted octanol–water partition coefficient (Wildman–Crippen LogP) is 6.84. The van der Waals surface area contributed by atoms with Crippen molar-refractivity contribution >= 4 is 45.2 Å². The first-order valence-corrected chi connectivity index (χ1v) is 10.7. The molecule has 0 aliphatic rings. The second-order valence-corrected chi connectivity index (χ2v) is 8.34. The molecule has 1 amide bonds. The Hall–Kier alpha value is -3.07. The molecule has 0 spiro atoms. The van der Waals surface area contributed by atoms with Crippen molar-refractivity contribution in [1.82, 2.24) is 0 Å². The molecule has 0 aliphatic carbocycles. The van der Waals surface area contributed by atoms with E-state index >= 15 is 0 Å². The van der Waals surface area contributed by atoms with Gasteiger partial charge in [-0.25, -0.2) is 0 Å². The number of anilines is 1. The summed E-state index contributed by atoms with van der Waals surface area (Å²) in [6, 6.07) is 20.6. The van der Waals surface area contributed by atoms with E-state index in [0.29, 0.717) is 28.6 Å². The summed E-state index contributed by atoms with van der Waals surface area (Å²) in [6.45, 7) is 4.25. The number of carbonyl (C=O) groups is 1. The van der Waals surface area contributed by atoms with Gasteiger partial charge in [0.15, 0.2) is 0 Å². The maximum atomic E-state index is 12.6. The van der Waals surface area contributed by atoms with E-state index in [2.05, 4.69) is 21.2 Å². The van der Waals surface area contributed by atoms with Gasteiger partial charge in [-0.05, 0) is 88.4 Å². The average molecular weight is 496 g/mol. The SMILES string of the molecule is Cc1ccc(C)c(NC(=O)C(C#N)=Cc2ccc(OCc3ccc(Cl)cc3)c(Br)c2)c1. The van der Waals surface area contributed by atoms with E-state index in [0.717, 1.165) is 21.2 Å². The minimum absolute atomic E-state index is 0.0163. The van der Waals surface area contributed by atoms with Crippen LogP contribution in [0.15, 0.2) is 70.7 Å². The number of benzene rings is 3. The number of ether oxygens (including phenoxy) is 1. The van der Waals surface area contributed by atoms with E-state index < -0.39 is 5.91 Å². The molecule has 3 rings (SSSR count). The third-order valence-electron chi connectivity index (χ3n) is 4.58. The third kappa shape index (κ3) is 6.21. The number of hydrogen-bond acceptors (Lipinski definition) is 3. The van der Waals surface area contributed by atoms with Gasteiger partial charge in [0.25, 0.3) is 5.91 Å². The van der Waals surface area contributed by atoms with Crippen molar-refractivity contribution in [2.75, 3.05) is 5.32 Å². The van der Waals surface area contributed by atoms with Crippen LogP contribution in [0.5, 0.6) is 5.75 Å². The molecule has 0 heterocycles. The van der Waals surface area contributed by atoms with Crippen molar-refractivity contribution in [3.8, 4) is 11.8 Å². The molecule has 156 valence electrons. The van der Waals surface area contributed by atoms with Gasteiger partial charge in [-0.15, -0.1) is 0 Å². The molecule has 4 nitrogen and oxygen atoms in total. The van der Waals surface area contributed by atoms with Crippen LogP contribution in [-0.4, -0.2) is 5.91 Å². The second-order valence-electron chi connectivity index (χ2n) is 7.05. The lowest BCUT2D eigenvalue weighted by molar-refractivity contribution is -0.112. The number of carbonyl (C=O) groups excluding carboxylic acids is 1. The second kappa shape index (κ2) is 10.3. The standard InChI is InChI=1S/C25H20BrClN2O2/c1-16-3-4-17(2)23(11-16)29-25(30)20(14-28)12-19-7-10-24(22(26)13-19)31-15-18-5-8-21(27)9-6-18/h3-13H,15H2,1-2H3,(H,29,30). The molecule has 0 saturated carbocycles. The lowest BCUT2D eigenvalue weighted by Gasteiger charge is -2.10. The Morgan fingerprint density at radius 3 is 2.55 bits per heavy atom. The molecule has 0 bridgehead atoms. The quantitative estimate of drug-likeness (QED) is 0.301. The highest BCUT2D eigenvalue weighted by Gasteiger charge is 2.12. The number of amides is 1. The van der Waals surface area contributed by atoms with Crippen LogP contribution in [0.3, 0.4) is 0 Å². The molecule has 31 heavy (non-hydrogen) atoms. The van der Waals surface area contributed by atoms with Crippen LogP contribution < -0.4 is 10.1 Å². The largest absolute Gasteiger partial charge is 0.488 e. The van der Waals surface area contributed by atoms with Crippen LogP contribution in [-0.2, 0) is 11.4 Å². The van der Waals surface area contributed by atoms with E-state index in [1.165, 1.54) is 0 Å². The van der Waals surface area contributed by atoms with E-state index in [4.69, 9.17) is 16.3 Å². The highest BCUT2D eigenvalue weighted by Crippen LogP contribution is 2.28. The zero-order valence-electron chi connectivity index (χ0n) is 17.1. The van der Waals surface area contributed by atoms with Crippen molar-refractivity contribution in [2.24, 2.45) is 0 Å².